The lowest BCUT2D eigenvalue weighted by Crippen LogP contribution is -2.05. The number of hydrogen-bond acceptors (Lipinski definition) is 0. The molecule has 0 fully saturated rings. The highest BCUT2D eigenvalue weighted by Crippen LogP contribution is 2.56. The first kappa shape index (κ1) is 20.4. The Morgan fingerprint density at radius 2 is 0.850 bits per heavy atom. The van der Waals surface area contributed by atoms with E-state index in [2.05, 4.69) is 27.4 Å². The van der Waals surface area contributed by atoms with Gasteiger partial charge in [0.15, 0.2) is 0 Å². The third kappa shape index (κ3) is 12.2. The predicted octanol–water partition coefficient (Wildman–Crippen LogP) is 7.37. The van der Waals surface area contributed by atoms with Crippen molar-refractivity contribution >= 4 is 7.26 Å². The smallest absolute Gasteiger partial charge is 0.0591 e. The molecule has 0 N–H and O–H groups in total. The van der Waals surface area contributed by atoms with E-state index in [1.54, 1.807) is 12.3 Å². The fourth-order valence-electron chi connectivity index (χ4n) is 2.98. The van der Waals surface area contributed by atoms with Crippen LogP contribution >= 0.6 is 7.26 Å². The van der Waals surface area contributed by atoms with Gasteiger partial charge in [-0.05, 0) is 32.6 Å². The molecule has 0 radical (unpaired) electrons. The van der Waals surface area contributed by atoms with Gasteiger partial charge in [0.05, 0.1) is 18.5 Å². The molecule has 0 nitrogen and oxygen atoms in total. The van der Waals surface area contributed by atoms with Crippen molar-refractivity contribution in [2.75, 3.05) is 25.2 Å². The van der Waals surface area contributed by atoms with E-state index in [0.717, 1.165) is 0 Å². The van der Waals surface area contributed by atoms with Crippen molar-refractivity contribution in [2.45, 2.75) is 97.8 Å². The van der Waals surface area contributed by atoms with Crippen LogP contribution in [0.4, 0.5) is 0 Å². The zero-order valence-electron chi connectivity index (χ0n) is 15.1. The standard InChI is InChI=1S/C19H42P/c1-5-8-10-12-14-16-18-20(4,7-3)19-17-15-13-11-9-6-2/h5-19H2,1-4H3/q+1. The van der Waals surface area contributed by atoms with E-state index in [9.17, 15) is 0 Å². The Morgan fingerprint density at radius 1 is 0.500 bits per heavy atom. The second kappa shape index (κ2) is 14.4. The SMILES string of the molecule is CCCCCCCC[P+](C)(CC)CCCCCCCC. The Kier molecular flexibility index (Phi) is 14.7. The van der Waals surface area contributed by atoms with Gasteiger partial charge in [-0.3, -0.25) is 0 Å². The third-order valence-corrected chi connectivity index (χ3v) is 9.19. The normalized spacial score (nSPS) is 12.0. The van der Waals surface area contributed by atoms with Gasteiger partial charge in [-0.15, -0.1) is 0 Å². The van der Waals surface area contributed by atoms with Crippen LogP contribution in [0.3, 0.4) is 0 Å². The molecule has 1 heteroatoms. The lowest BCUT2D eigenvalue weighted by Gasteiger charge is -2.21. The molecule has 0 aromatic carbocycles. The molecule has 0 saturated heterocycles. The zero-order chi connectivity index (χ0) is 15.1. The molecular weight excluding hydrogens is 259 g/mol. The van der Waals surface area contributed by atoms with Gasteiger partial charge in [-0.2, -0.15) is 0 Å². The van der Waals surface area contributed by atoms with Crippen molar-refractivity contribution in [1.82, 2.24) is 0 Å². The summed E-state index contributed by atoms with van der Waals surface area (Å²) in [7, 11) is -0.561. The van der Waals surface area contributed by atoms with Crippen molar-refractivity contribution in [2.24, 2.45) is 0 Å². The topological polar surface area (TPSA) is 0 Å². The summed E-state index contributed by atoms with van der Waals surface area (Å²) < 4.78 is 0. The second-order valence-corrected chi connectivity index (χ2v) is 11.7. The summed E-state index contributed by atoms with van der Waals surface area (Å²) in [5.41, 5.74) is 0. The highest BCUT2D eigenvalue weighted by Gasteiger charge is 2.27. The molecule has 0 amide bonds. The molecule has 0 spiro atoms. The monoisotopic (exact) mass is 301 g/mol. The lowest BCUT2D eigenvalue weighted by atomic mass is 10.1. The molecule has 0 rings (SSSR count). The Balaban J connectivity index is 3.57. The molecule has 0 atom stereocenters. The van der Waals surface area contributed by atoms with Crippen molar-refractivity contribution in [3.05, 3.63) is 0 Å². The van der Waals surface area contributed by atoms with E-state index in [0.29, 0.717) is 0 Å². The molecule has 0 unspecified atom stereocenters. The average molecular weight is 302 g/mol. The van der Waals surface area contributed by atoms with Gasteiger partial charge in [0.25, 0.3) is 0 Å². The molecule has 0 heterocycles. The van der Waals surface area contributed by atoms with Gasteiger partial charge in [0, 0.05) is 13.9 Å². The summed E-state index contributed by atoms with van der Waals surface area (Å²) in [6, 6.07) is 0. The molecule has 0 aliphatic rings. The lowest BCUT2D eigenvalue weighted by molar-refractivity contribution is 0.621. The van der Waals surface area contributed by atoms with Crippen molar-refractivity contribution < 1.29 is 0 Å². The van der Waals surface area contributed by atoms with Crippen LogP contribution in [0.15, 0.2) is 0 Å². The third-order valence-electron chi connectivity index (χ3n) is 4.87. The van der Waals surface area contributed by atoms with Crippen LogP contribution < -0.4 is 0 Å². The summed E-state index contributed by atoms with van der Waals surface area (Å²) in [5, 5.41) is 0. The van der Waals surface area contributed by atoms with E-state index < -0.39 is 7.26 Å². The summed E-state index contributed by atoms with van der Waals surface area (Å²) in [4.78, 5) is 0. The predicted molar refractivity (Wildman–Crippen MR) is 99.9 cm³/mol. The maximum atomic E-state index is 2.64. The van der Waals surface area contributed by atoms with Gasteiger partial charge in [-0.25, -0.2) is 0 Å². The highest BCUT2D eigenvalue weighted by molar-refractivity contribution is 7.75. The molecule has 0 aliphatic carbocycles. The van der Waals surface area contributed by atoms with Crippen LogP contribution in [0.5, 0.6) is 0 Å². The van der Waals surface area contributed by atoms with E-state index in [-0.39, 0.29) is 0 Å². The Hall–Kier alpha value is 0.430. The molecule has 20 heavy (non-hydrogen) atoms. The van der Waals surface area contributed by atoms with E-state index in [1.807, 2.05) is 0 Å². The molecule has 0 aromatic heterocycles. The number of rotatable bonds is 15. The minimum absolute atomic E-state index is 0.561. The van der Waals surface area contributed by atoms with E-state index in [1.165, 1.54) is 83.2 Å². The molecule has 0 saturated carbocycles. The largest absolute Gasteiger partial charge is 0.0654 e. The summed E-state index contributed by atoms with van der Waals surface area (Å²) in [5.74, 6) is 0. The summed E-state index contributed by atoms with van der Waals surface area (Å²) >= 11 is 0. The molecule has 0 aliphatic heterocycles. The maximum Gasteiger partial charge on any atom is 0.0591 e. The molecule has 0 bridgehead atoms. The number of unbranched alkanes of at least 4 members (excludes halogenated alkanes) is 10. The first-order valence-corrected chi connectivity index (χ1v) is 12.3. The van der Waals surface area contributed by atoms with Gasteiger partial charge in [0.1, 0.15) is 0 Å². The Morgan fingerprint density at radius 3 is 1.20 bits per heavy atom. The first-order chi connectivity index (χ1) is 9.68. The van der Waals surface area contributed by atoms with Crippen molar-refractivity contribution in [3.63, 3.8) is 0 Å². The fraction of sp³-hybridized carbons (Fsp3) is 1.00. The minimum atomic E-state index is -0.561. The minimum Gasteiger partial charge on any atom is -0.0654 e. The zero-order valence-corrected chi connectivity index (χ0v) is 15.9. The van der Waals surface area contributed by atoms with Crippen LogP contribution in [0.1, 0.15) is 97.8 Å². The van der Waals surface area contributed by atoms with Crippen LogP contribution in [-0.4, -0.2) is 25.2 Å². The van der Waals surface area contributed by atoms with Crippen molar-refractivity contribution in [3.8, 4) is 0 Å². The highest BCUT2D eigenvalue weighted by atomic mass is 31.2. The van der Waals surface area contributed by atoms with E-state index >= 15 is 0 Å². The Bertz CT molecular complexity index is 172. The second-order valence-electron chi connectivity index (χ2n) is 6.92. The maximum absolute atomic E-state index is 2.64. The summed E-state index contributed by atoms with van der Waals surface area (Å²) in [6.45, 7) is 9.70. The van der Waals surface area contributed by atoms with Crippen LogP contribution in [0.25, 0.3) is 0 Å². The van der Waals surface area contributed by atoms with Gasteiger partial charge < -0.3 is 0 Å². The van der Waals surface area contributed by atoms with Crippen LogP contribution in [0.2, 0.25) is 0 Å². The van der Waals surface area contributed by atoms with Crippen molar-refractivity contribution in [1.29, 1.82) is 0 Å². The Labute approximate surface area is 130 Å². The average Bonchev–Trinajstić information content (AvgIpc) is 2.46. The van der Waals surface area contributed by atoms with Crippen LogP contribution in [-0.2, 0) is 0 Å². The van der Waals surface area contributed by atoms with Gasteiger partial charge in [0.2, 0.25) is 0 Å². The molecule has 0 aromatic rings. The van der Waals surface area contributed by atoms with Crippen LogP contribution in [0, 0.1) is 0 Å². The molecular formula is C19H42P+. The fourth-order valence-corrected chi connectivity index (χ4v) is 5.81. The first-order valence-electron chi connectivity index (χ1n) is 9.52. The quantitative estimate of drug-likeness (QED) is 0.219. The number of hydrogen-bond donors (Lipinski definition) is 0. The van der Waals surface area contributed by atoms with Gasteiger partial charge in [-0.1, -0.05) is 65.2 Å². The van der Waals surface area contributed by atoms with Gasteiger partial charge >= 0.3 is 0 Å². The molecule has 122 valence electrons. The van der Waals surface area contributed by atoms with E-state index in [4.69, 9.17) is 0 Å². The summed E-state index contributed by atoms with van der Waals surface area (Å²) in [6.07, 6.45) is 22.2.